The number of hydrogen-bond acceptors (Lipinski definition) is 5. The first kappa shape index (κ1) is 20.2. The molecule has 0 radical (unpaired) electrons. The highest BCUT2D eigenvalue weighted by Gasteiger charge is 2.32. The maximum Gasteiger partial charge on any atom is 0.237 e. The molecule has 0 aromatic heterocycles. The molecule has 0 saturated carbocycles. The Kier molecular flexibility index (Phi) is 5.76. The van der Waals surface area contributed by atoms with Gasteiger partial charge in [-0.05, 0) is 42.7 Å². The number of likely N-dealkylation sites (tertiary alicyclic amines) is 1. The minimum atomic E-state index is 0.0459. The topological polar surface area (TPSA) is 59.1 Å². The summed E-state index contributed by atoms with van der Waals surface area (Å²) in [6, 6.07) is 14.0. The van der Waals surface area contributed by atoms with Crippen molar-refractivity contribution in [2.75, 3.05) is 37.0 Å². The molecule has 3 aliphatic rings. The Labute approximate surface area is 186 Å². The van der Waals surface area contributed by atoms with Gasteiger partial charge in [-0.1, -0.05) is 18.2 Å². The van der Waals surface area contributed by atoms with E-state index in [1.54, 1.807) is 16.7 Å². The molecular weight excluding hydrogens is 412 g/mol. The summed E-state index contributed by atoms with van der Waals surface area (Å²) in [5.41, 5.74) is 2.00. The van der Waals surface area contributed by atoms with E-state index in [9.17, 15) is 9.59 Å². The molecule has 2 aromatic carbocycles. The van der Waals surface area contributed by atoms with Crippen LogP contribution in [-0.4, -0.2) is 48.8 Å². The number of carbonyl (C=O) groups excluding carboxylic acids is 2. The number of para-hydroxylation sites is 1. The van der Waals surface area contributed by atoms with Crippen molar-refractivity contribution >= 4 is 29.3 Å². The van der Waals surface area contributed by atoms with E-state index in [1.165, 1.54) is 0 Å². The van der Waals surface area contributed by atoms with Crippen LogP contribution in [0.3, 0.4) is 0 Å². The molecule has 0 bridgehead atoms. The van der Waals surface area contributed by atoms with E-state index in [2.05, 4.69) is 0 Å². The molecule has 162 valence electrons. The van der Waals surface area contributed by atoms with Gasteiger partial charge in [-0.15, -0.1) is 11.8 Å². The number of fused-ring (bicyclic) bond motifs is 2. The fourth-order valence-corrected chi connectivity index (χ4v) is 5.48. The number of amides is 2. The zero-order valence-electron chi connectivity index (χ0n) is 17.4. The van der Waals surface area contributed by atoms with E-state index in [0.717, 1.165) is 53.5 Å². The number of anilines is 1. The van der Waals surface area contributed by atoms with Crippen molar-refractivity contribution in [3.8, 4) is 11.5 Å². The normalized spacial score (nSPS) is 20.4. The van der Waals surface area contributed by atoms with Gasteiger partial charge in [0.05, 0.1) is 30.7 Å². The lowest BCUT2D eigenvalue weighted by Crippen LogP contribution is -2.39. The number of nitrogens with zero attached hydrogens (tertiary/aromatic N) is 2. The molecule has 0 aliphatic carbocycles. The van der Waals surface area contributed by atoms with E-state index in [4.69, 9.17) is 9.47 Å². The highest BCUT2D eigenvalue weighted by Crippen LogP contribution is 2.39. The highest BCUT2D eigenvalue weighted by atomic mass is 32.2. The second-order valence-electron chi connectivity index (χ2n) is 8.05. The van der Waals surface area contributed by atoms with Gasteiger partial charge >= 0.3 is 0 Å². The lowest BCUT2D eigenvalue weighted by Gasteiger charge is -2.30. The van der Waals surface area contributed by atoms with Gasteiger partial charge in [0.25, 0.3) is 0 Å². The van der Waals surface area contributed by atoms with Crippen LogP contribution in [0.4, 0.5) is 5.69 Å². The zero-order chi connectivity index (χ0) is 21.2. The third-order valence-corrected chi connectivity index (χ3v) is 7.13. The van der Waals surface area contributed by atoms with Crippen molar-refractivity contribution in [1.29, 1.82) is 0 Å². The van der Waals surface area contributed by atoms with Gasteiger partial charge in [0.2, 0.25) is 11.8 Å². The van der Waals surface area contributed by atoms with Gasteiger partial charge in [-0.25, -0.2) is 0 Å². The first-order valence-corrected chi connectivity index (χ1v) is 11.9. The maximum absolute atomic E-state index is 13.2. The summed E-state index contributed by atoms with van der Waals surface area (Å²) in [7, 11) is 0. The van der Waals surface area contributed by atoms with Crippen molar-refractivity contribution in [2.24, 2.45) is 0 Å². The average Bonchev–Trinajstić information content (AvgIpc) is 3.17. The summed E-state index contributed by atoms with van der Waals surface area (Å²) in [5.74, 6) is 2.13. The second kappa shape index (κ2) is 8.83. The van der Waals surface area contributed by atoms with E-state index in [0.29, 0.717) is 31.9 Å². The Bertz CT molecular complexity index is 995. The fourth-order valence-electron chi connectivity index (χ4n) is 4.55. The average molecular weight is 439 g/mol. The summed E-state index contributed by atoms with van der Waals surface area (Å²) in [5, 5.41) is 0. The predicted molar refractivity (Wildman–Crippen MR) is 120 cm³/mol. The monoisotopic (exact) mass is 438 g/mol. The van der Waals surface area contributed by atoms with Crippen LogP contribution in [0.2, 0.25) is 0 Å². The quantitative estimate of drug-likeness (QED) is 0.721. The van der Waals surface area contributed by atoms with Gasteiger partial charge in [0, 0.05) is 30.8 Å². The molecule has 1 fully saturated rings. The van der Waals surface area contributed by atoms with Gasteiger partial charge < -0.3 is 19.3 Å². The molecule has 7 heteroatoms. The Morgan fingerprint density at radius 3 is 2.81 bits per heavy atom. The fraction of sp³-hybridized carbons (Fsp3) is 0.417. The van der Waals surface area contributed by atoms with Crippen molar-refractivity contribution < 1.29 is 19.1 Å². The van der Waals surface area contributed by atoms with Crippen LogP contribution in [0.15, 0.2) is 47.4 Å². The van der Waals surface area contributed by atoms with Crippen LogP contribution in [0.1, 0.15) is 37.3 Å². The number of hydrogen-bond donors (Lipinski definition) is 0. The summed E-state index contributed by atoms with van der Waals surface area (Å²) < 4.78 is 11.6. The van der Waals surface area contributed by atoms with E-state index < -0.39 is 0 Å². The number of thioether (sulfide) groups is 1. The molecular formula is C24H26N2O4S. The van der Waals surface area contributed by atoms with Gasteiger partial charge in [-0.2, -0.15) is 0 Å². The van der Waals surface area contributed by atoms with Gasteiger partial charge in [0.15, 0.2) is 11.5 Å². The van der Waals surface area contributed by atoms with Crippen molar-refractivity contribution in [1.82, 2.24) is 4.90 Å². The molecule has 2 aromatic rings. The lowest BCUT2D eigenvalue weighted by atomic mass is 10.0. The molecule has 3 heterocycles. The summed E-state index contributed by atoms with van der Waals surface area (Å²) >= 11 is 1.56. The minimum Gasteiger partial charge on any atom is -0.490 e. The van der Waals surface area contributed by atoms with Crippen LogP contribution < -0.4 is 14.4 Å². The summed E-state index contributed by atoms with van der Waals surface area (Å²) in [6.07, 6.45) is 3.11. The molecule has 1 saturated heterocycles. The number of carbonyl (C=O) groups is 2. The predicted octanol–water partition coefficient (Wildman–Crippen LogP) is 4.04. The van der Waals surface area contributed by atoms with Crippen molar-refractivity contribution in [2.45, 2.75) is 36.6 Å². The standard InChI is InChI=1S/C24H26N2O4S/c27-23(10-12-26-19-5-1-2-7-22(19)31-16-24(26)28)25-11-3-6-18(25)17-8-9-20-21(15-17)30-14-4-13-29-20/h1-2,5,7-9,15,18H,3-4,6,10-14,16H2/t18-/m1/s1. The molecule has 1 atom stereocenters. The smallest absolute Gasteiger partial charge is 0.237 e. The number of rotatable bonds is 4. The molecule has 5 rings (SSSR count). The molecule has 0 N–H and O–H groups in total. The van der Waals surface area contributed by atoms with E-state index in [1.807, 2.05) is 47.4 Å². The first-order chi connectivity index (χ1) is 15.2. The minimum absolute atomic E-state index is 0.0459. The van der Waals surface area contributed by atoms with Crippen LogP contribution in [-0.2, 0) is 9.59 Å². The highest BCUT2D eigenvalue weighted by molar-refractivity contribution is 8.00. The summed E-state index contributed by atoms with van der Waals surface area (Å²) in [6.45, 7) is 2.47. The molecule has 0 spiro atoms. The lowest BCUT2D eigenvalue weighted by molar-refractivity contribution is -0.132. The van der Waals surface area contributed by atoms with Crippen LogP contribution in [0.25, 0.3) is 0 Å². The SMILES string of the molecule is O=C1CSc2ccccc2N1CCC(=O)N1CCC[C@@H]1c1ccc2c(c1)OCCCO2. The second-order valence-corrected chi connectivity index (χ2v) is 9.07. The Morgan fingerprint density at radius 2 is 1.90 bits per heavy atom. The molecule has 3 aliphatic heterocycles. The zero-order valence-corrected chi connectivity index (χ0v) is 18.2. The third kappa shape index (κ3) is 4.11. The van der Waals surface area contributed by atoms with Crippen LogP contribution >= 0.6 is 11.8 Å². The third-order valence-electron chi connectivity index (χ3n) is 6.09. The largest absolute Gasteiger partial charge is 0.490 e. The van der Waals surface area contributed by atoms with Crippen molar-refractivity contribution in [3.05, 3.63) is 48.0 Å². The number of benzene rings is 2. The number of ether oxygens (including phenoxy) is 2. The van der Waals surface area contributed by atoms with E-state index >= 15 is 0 Å². The Balaban J connectivity index is 1.29. The summed E-state index contributed by atoms with van der Waals surface area (Å²) in [4.78, 5) is 30.5. The van der Waals surface area contributed by atoms with Crippen LogP contribution in [0, 0.1) is 0 Å². The van der Waals surface area contributed by atoms with Crippen molar-refractivity contribution in [3.63, 3.8) is 0 Å². The van der Waals surface area contributed by atoms with E-state index in [-0.39, 0.29) is 17.9 Å². The van der Waals surface area contributed by atoms with Crippen LogP contribution in [0.5, 0.6) is 11.5 Å². The first-order valence-electron chi connectivity index (χ1n) is 10.9. The molecule has 6 nitrogen and oxygen atoms in total. The molecule has 0 unspecified atom stereocenters. The maximum atomic E-state index is 13.2. The Hall–Kier alpha value is -2.67. The van der Waals surface area contributed by atoms with Gasteiger partial charge in [-0.3, -0.25) is 9.59 Å². The Morgan fingerprint density at radius 1 is 1.06 bits per heavy atom. The molecule has 2 amide bonds. The van der Waals surface area contributed by atoms with Gasteiger partial charge in [0.1, 0.15) is 0 Å². The molecule has 31 heavy (non-hydrogen) atoms.